The molecule has 5 rings (SSSR count). The van der Waals surface area contributed by atoms with Crippen molar-refractivity contribution < 1.29 is 14.3 Å². The summed E-state index contributed by atoms with van der Waals surface area (Å²) in [5.74, 6) is 1.30. The molecule has 2 aromatic carbocycles. The van der Waals surface area contributed by atoms with E-state index in [1.54, 1.807) is 34.2 Å². The summed E-state index contributed by atoms with van der Waals surface area (Å²) in [5, 5.41) is 9.35. The predicted molar refractivity (Wildman–Crippen MR) is 114 cm³/mol. The number of amides is 1. The summed E-state index contributed by atoms with van der Waals surface area (Å²) < 4.78 is 14.5. The fourth-order valence-corrected chi connectivity index (χ4v) is 4.58. The van der Waals surface area contributed by atoms with Crippen LogP contribution in [0.4, 0.5) is 0 Å². The van der Waals surface area contributed by atoms with E-state index in [1.165, 1.54) is 10.1 Å². The van der Waals surface area contributed by atoms with Gasteiger partial charge in [-0.15, -0.1) is 16.4 Å². The zero-order chi connectivity index (χ0) is 20.5. The van der Waals surface area contributed by atoms with Gasteiger partial charge in [0, 0.05) is 16.6 Å². The number of aromatic nitrogens is 3. The van der Waals surface area contributed by atoms with Gasteiger partial charge in [0.2, 0.25) is 0 Å². The Balaban J connectivity index is 1.23. The van der Waals surface area contributed by atoms with E-state index in [0.29, 0.717) is 31.1 Å². The third-order valence-electron chi connectivity index (χ3n) is 4.93. The van der Waals surface area contributed by atoms with Gasteiger partial charge in [-0.25, -0.2) is 4.68 Å². The van der Waals surface area contributed by atoms with Crippen LogP contribution in [0.3, 0.4) is 0 Å². The van der Waals surface area contributed by atoms with Gasteiger partial charge in [0.25, 0.3) is 5.91 Å². The van der Waals surface area contributed by atoms with Crippen LogP contribution in [0.1, 0.15) is 15.4 Å². The van der Waals surface area contributed by atoms with Gasteiger partial charge in [0.05, 0.1) is 19.3 Å². The molecule has 1 amide bonds. The van der Waals surface area contributed by atoms with E-state index in [0.717, 1.165) is 10.6 Å². The number of benzene rings is 2. The molecule has 0 spiro atoms. The van der Waals surface area contributed by atoms with Crippen LogP contribution in [0.15, 0.2) is 60.8 Å². The zero-order valence-electron chi connectivity index (χ0n) is 16.4. The molecule has 4 aromatic rings. The van der Waals surface area contributed by atoms with E-state index in [9.17, 15) is 4.79 Å². The number of ether oxygens (including phenoxy) is 2. The number of carbonyl (C=O) groups excluding carboxylic acids is 1. The van der Waals surface area contributed by atoms with Gasteiger partial charge >= 0.3 is 0 Å². The van der Waals surface area contributed by atoms with Gasteiger partial charge in [-0.2, -0.15) is 0 Å². The molecule has 0 fully saturated rings. The highest BCUT2D eigenvalue weighted by atomic mass is 32.1. The molecule has 1 aliphatic rings. The van der Waals surface area contributed by atoms with Crippen molar-refractivity contribution in [3.8, 4) is 11.5 Å². The fraction of sp³-hybridized carbons (Fsp3) is 0.227. The zero-order valence-corrected chi connectivity index (χ0v) is 17.2. The maximum atomic E-state index is 12.8. The fourth-order valence-electron chi connectivity index (χ4n) is 3.46. The van der Waals surface area contributed by atoms with E-state index in [2.05, 4.69) is 28.5 Å². The lowest BCUT2D eigenvalue weighted by atomic mass is 10.2. The quantitative estimate of drug-likeness (QED) is 0.493. The molecule has 0 saturated heterocycles. The van der Waals surface area contributed by atoms with Gasteiger partial charge in [-0.05, 0) is 29.7 Å². The smallest absolute Gasteiger partial charge is 0.276 e. The minimum Gasteiger partial charge on any atom is -0.486 e. The van der Waals surface area contributed by atoms with Crippen molar-refractivity contribution in [1.29, 1.82) is 0 Å². The molecule has 0 aliphatic carbocycles. The molecule has 0 unspecified atom stereocenters. The molecule has 3 heterocycles. The van der Waals surface area contributed by atoms with Crippen molar-refractivity contribution in [2.45, 2.75) is 19.2 Å². The van der Waals surface area contributed by atoms with Gasteiger partial charge in [-0.3, -0.25) is 4.79 Å². The molecular formula is C22H20N4O3S. The van der Waals surface area contributed by atoms with E-state index in [-0.39, 0.29) is 12.0 Å². The molecule has 7 nitrogen and oxygen atoms in total. The molecule has 2 aromatic heterocycles. The van der Waals surface area contributed by atoms with Crippen molar-refractivity contribution in [3.05, 3.63) is 71.4 Å². The summed E-state index contributed by atoms with van der Waals surface area (Å²) >= 11 is 1.70. The molecule has 0 radical (unpaired) electrons. The first kappa shape index (κ1) is 18.6. The Morgan fingerprint density at radius 2 is 2.00 bits per heavy atom. The summed E-state index contributed by atoms with van der Waals surface area (Å²) in [6, 6.07) is 17.9. The summed E-state index contributed by atoms with van der Waals surface area (Å²) in [5.41, 5.74) is 0.315. The topological polar surface area (TPSA) is 69.5 Å². The Morgan fingerprint density at radius 1 is 1.20 bits per heavy atom. The van der Waals surface area contributed by atoms with E-state index >= 15 is 0 Å². The van der Waals surface area contributed by atoms with Crippen LogP contribution in [-0.4, -0.2) is 45.6 Å². The highest BCUT2D eigenvalue weighted by molar-refractivity contribution is 7.19. The van der Waals surface area contributed by atoms with Crippen molar-refractivity contribution >= 4 is 27.3 Å². The number of nitrogens with zero attached hydrogens (tertiary/aromatic N) is 4. The predicted octanol–water partition coefficient (Wildman–Crippen LogP) is 3.61. The van der Waals surface area contributed by atoms with Crippen molar-refractivity contribution in [2.75, 3.05) is 13.7 Å². The second-order valence-electron chi connectivity index (χ2n) is 7.24. The van der Waals surface area contributed by atoms with Gasteiger partial charge < -0.3 is 14.4 Å². The van der Waals surface area contributed by atoms with Gasteiger partial charge in [-0.1, -0.05) is 35.5 Å². The number of thiophene rings is 1. The molecule has 152 valence electrons. The summed E-state index contributed by atoms with van der Waals surface area (Å²) in [7, 11) is 1.78. The first-order valence-electron chi connectivity index (χ1n) is 9.67. The average molecular weight is 420 g/mol. The third-order valence-corrected chi connectivity index (χ3v) is 6.03. The molecular weight excluding hydrogens is 400 g/mol. The molecule has 30 heavy (non-hydrogen) atoms. The van der Waals surface area contributed by atoms with Crippen LogP contribution in [0.5, 0.6) is 11.5 Å². The van der Waals surface area contributed by atoms with Crippen LogP contribution in [0.2, 0.25) is 0 Å². The van der Waals surface area contributed by atoms with Crippen molar-refractivity contribution in [2.24, 2.45) is 0 Å². The third kappa shape index (κ3) is 3.73. The molecule has 0 N–H and O–H groups in total. The van der Waals surface area contributed by atoms with Crippen LogP contribution in [0.25, 0.3) is 10.1 Å². The lowest BCUT2D eigenvalue weighted by Crippen LogP contribution is -2.33. The number of hydrogen-bond acceptors (Lipinski definition) is 6. The Kier molecular flexibility index (Phi) is 4.84. The Bertz CT molecular complexity index is 1170. The van der Waals surface area contributed by atoms with Gasteiger partial charge in [0.1, 0.15) is 6.61 Å². The second-order valence-corrected chi connectivity index (χ2v) is 8.40. The standard InChI is InChI=1S/C22H20N4O3S/c1-25(12-17-10-15-6-2-5-9-21(15)30-17)22(27)18-13-26(24-23-18)11-16-14-28-19-7-3-4-8-20(19)29-16/h2-10,13,16H,11-12,14H2,1H3/t16-/m1/s1. The van der Waals surface area contributed by atoms with Crippen molar-refractivity contribution in [1.82, 2.24) is 19.9 Å². The lowest BCUT2D eigenvalue weighted by Gasteiger charge is -2.26. The first-order valence-corrected chi connectivity index (χ1v) is 10.5. The number of para-hydroxylation sites is 2. The minimum absolute atomic E-state index is 0.162. The highest BCUT2D eigenvalue weighted by Crippen LogP contribution is 2.31. The highest BCUT2D eigenvalue weighted by Gasteiger charge is 2.23. The van der Waals surface area contributed by atoms with Crippen LogP contribution < -0.4 is 9.47 Å². The number of hydrogen-bond donors (Lipinski definition) is 0. The normalized spacial score (nSPS) is 15.3. The van der Waals surface area contributed by atoms with Crippen LogP contribution >= 0.6 is 11.3 Å². The van der Waals surface area contributed by atoms with E-state index in [1.807, 2.05) is 36.4 Å². The monoisotopic (exact) mass is 420 g/mol. The minimum atomic E-state index is -0.194. The SMILES string of the molecule is CN(Cc1cc2ccccc2s1)C(=O)c1cn(C[C@@H]2COc3ccccc3O2)nn1. The van der Waals surface area contributed by atoms with E-state index in [4.69, 9.17) is 9.47 Å². The molecule has 0 saturated carbocycles. The number of rotatable bonds is 5. The maximum absolute atomic E-state index is 12.8. The largest absolute Gasteiger partial charge is 0.486 e. The number of carbonyl (C=O) groups is 1. The molecule has 0 bridgehead atoms. The molecule has 8 heteroatoms. The van der Waals surface area contributed by atoms with Crippen LogP contribution in [0, 0.1) is 0 Å². The van der Waals surface area contributed by atoms with E-state index < -0.39 is 0 Å². The lowest BCUT2D eigenvalue weighted by molar-refractivity contribution is 0.0752. The molecule has 1 atom stereocenters. The number of fused-ring (bicyclic) bond motifs is 2. The van der Waals surface area contributed by atoms with Crippen molar-refractivity contribution in [3.63, 3.8) is 0 Å². The summed E-state index contributed by atoms with van der Waals surface area (Å²) in [6.45, 7) is 1.40. The summed E-state index contributed by atoms with van der Waals surface area (Å²) in [4.78, 5) is 15.6. The second kappa shape index (κ2) is 7.79. The van der Waals surface area contributed by atoms with Gasteiger partial charge in [0.15, 0.2) is 23.3 Å². The maximum Gasteiger partial charge on any atom is 0.276 e. The Labute approximate surface area is 177 Å². The Hall–Kier alpha value is -3.39. The molecule has 1 aliphatic heterocycles. The summed E-state index contributed by atoms with van der Waals surface area (Å²) in [6.07, 6.45) is 1.47. The van der Waals surface area contributed by atoms with Crippen LogP contribution in [-0.2, 0) is 13.1 Å². The first-order chi connectivity index (χ1) is 14.7. The average Bonchev–Trinajstić information content (AvgIpc) is 3.39. The Morgan fingerprint density at radius 3 is 2.87 bits per heavy atom.